The van der Waals surface area contributed by atoms with Gasteiger partial charge in [-0.05, 0) is 31.0 Å². The van der Waals surface area contributed by atoms with Crippen molar-refractivity contribution in [3.05, 3.63) is 34.4 Å². The minimum absolute atomic E-state index is 0.130. The predicted octanol–water partition coefficient (Wildman–Crippen LogP) is 5.24. The molecule has 2 rings (SSSR count). The van der Waals surface area contributed by atoms with Crippen LogP contribution >= 0.6 is 11.6 Å². The van der Waals surface area contributed by atoms with Crippen molar-refractivity contribution in [1.82, 2.24) is 5.32 Å². The fourth-order valence-corrected chi connectivity index (χ4v) is 3.28. The van der Waals surface area contributed by atoms with Crippen LogP contribution in [0.15, 0.2) is 12.1 Å². The highest BCUT2D eigenvalue weighted by Gasteiger charge is 2.23. The maximum absolute atomic E-state index is 14.1. The van der Waals surface area contributed by atoms with Crippen molar-refractivity contribution in [2.75, 3.05) is 6.54 Å². The van der Waals surface area contributed by atoms with Gasteiger partial charge in [-0.2, -0.15) is 0 Å². The van der Waals surface area contributed by atoms with Crippen LogP contribution in [0.2, 0.25) is 5.02 Å². The lowest BCUT2D eigenvalue weighted by Gasteiger charge is -2.27. The number of hydrogen-bond acceptors (Lipinski definition) is 1. The van der Waals surface area contributed by atoms with Crippen LogP contribution in [0.5, 0.6) is 0 Å². The summed E-state index contributed by atoms with van der Waals surface area (Å²) in [6.07, 6.45) is 7.05. The maximum atomic E-state index is 14.1. The van der Waals surface area contributed by atoms with E-state index in [1.54, 1.807) is 0 Å². The summed E-state index contributed by atoms with van der Waals surface area (Å²) in [4.78, 5) is 0. The van der Waals surface area contributed by atoms with Crippen LogP contribution in [0.25, 0.3) is 0 Å². The lowest BCUT2D eigenvalue weighted by atomic mass is 9.83. The molecule has 112 valence electrons. The second-order valence-corrected chi connectivity index (χ2v) is 6.05. The number of benzene rings is 1. The van der Waals surface area contributed by atoms with E-state index in [4.69, 9.17) is 11.6 Å². The second-order valence-electron chi connectivity index (χ2n) is 5.64. The molecule has 1 aromatic rings. The standard InChI is InChI=1S/C16H22ClF2N/c1-2-20-16(8-11-6-4-3-5-7-11)12-9-15(19)13(17)10-14(12)18/h9-11,16,20H,2-8H2,1H3. The third-order valence-electron chi connectivity index (χ3n) is 4.16. The van der Waals surface area contributed by atoms with Crippen LogP contribution in [0, 0.1) is 17.6 Å². The van der Waals surface area contributed by atoms with E-state index in [0.29, 0.717) is 11.5 Å². The Kier molecular flexibility index (Phi) is 5.79. The molecule has 0 heterocycles. The molecule has 0 aliphatic heterocycles. The molecule has 1 nitrogen and oxygen atoms in total. The fraction of sp³-hybridized carbons (Fsp3) is 0.625. The van der Waals surface area contributed by atoms with E-state index in [2.05, 4.69) is 5.32 Å². The SMILES string of the molecule is CCNC(CC1CCCCC1)c1cc(F)c(Cl)cc1F. The third kappa shape index (κ3) is 3.92. The van der Waals surface area contributed by atoms with Gasteiger partial charge in [0.05, 0.1) is 5.02 Å². The zero-order valence-electron chi connectivity index (χ0n) is 11.9. The molecule has 0 bridgehead atoms. The van der Waals surface area contributed by atoms with Gasteiger partial charge in [0.15, 0.2) is 0 Å². The van der Waals surface area contributed by atoms with E-state index in [9.17, 15) is 8.78 Å². The number of rotatable bonds is 5. The number of hydrogen-bond donors (Lipinski definition) is 1. The summed E-state index contributed by atoms with van der Waals surface area (Å²) < 4.78 is 27.7. The molecule has 1 unspecified atom stereocenters. The molecule has 4 heteroatoms. The summed E-state index contributed by atoms with van der Waals surface area (Å²) in [5, 5.41) is 3.13. The molecule has 20 heavy (non-hydrogen) atoms. The van der Waals surface area contributed by atoms with Gasteiger partial charge < -0.3 is 5.32 Å². The highest BCUT2D eigenvalue weighted by Crippen LogP contribution is 2.33. The van der Waals surface area contributed by atoms with Gasteiger partial charge in [0, 0.05) is 11.6 Å². The van der Waals surface area contributed by atoms with Crippen LogP contribution < -0.4 is 5.32 Å². The Bertz CT molecular complexity index is 444. The second kappa shape index (κ2) is 7.37. The summed E-state index contributed by atoms with van der Waals surface area (Å²) in [5.74, 6) is -0.362. The first-order chi connectivity index (χ1) is 9.61. The van der Waals surface area contributed by atoms with Gasteiger partial charge in [0.25, 0.3) is 0 Å². The zero-order chi connectivity index (χ0) is 14.5. The van der Waals surface area contributed by atoms with Crippen molar-refractivity contribution in [2.45, 2.75) is 51.5 Å². The molecule has 0 radical (unpaired) electrons. The average Bonchev–Trinajstić information content (AvgIpc) is 2.44. The molecule has 1 fully saturated rings. The molecule has 1 saturated carbocycles. The Morgan fingerprint density at radius 2 is 1.90 bits per heavy atom. The Morgan fingerprint density at radius 3 is 2.55 bits per heavy atom. The van der Waals surface area contributed by atoms with Gasteiger partial charge in [-0.1, -0.05) is 50.6 Å². The molecular weight excluding hydrogens is 280 g/mol. The smallest absolute Gasteiger partial charge is 0.142 e. The van der Waals surface area contributed by atoms with Crippen molar-refractivity contribution in [3.8, 4) is 0 Å². The van der Waals surface area contributed by atoms with E-state index in [0.717, 1.165) is 19.0 Å². The van der Waals surface area contributed by atoms with Crippen LogP contribution in [0.3, 0.4) is 0 Å². The van der Waals surface area contributed by atoms with Crippen molar-refractivity contribution in [1.29, 1.82) is 0 Å². The molecule has 0 spiro atoms. The molecule has 0 saturated heterocycles. The number of halogens is 3. The largest absolute Gasteiger partial charge is 0.310 e. The highest BCUT2D eigenvalue weighted by atomic mass is 35.5. The van der Waals surface area contributed by atoms with Gasteiger partial charge in [-0.3, -0.25) is 0 Å². The van der Waals surface area contributed by atoms with Crippen molar-refractivity contribution in [2.24, 2.45) is 5.92 Å². The first-order valence-corrected chi connectivity index (χ1v) is 7.87. The van der Waals surface area contributed by atoms with Gasteiger partial charge in [-0.15, -0.1) is 0 Å². The van der Waals surface area contributed by atoms with Gasteiger partial charge in [0.2, 0.25) is 0 Å². The van der Waals surface area contributed by atoms with Gasteiger partial charge in [-0.25, -0.2) is 8.78 Å². The summed E-state index contributed by atoms with van der Waals surface area (Å²) >= 11 is 5.62. The lowest BCUT2D eigenvalue weighted by molar-refractivity contribution is 0.298. The maximum Gasteiger partial charge on any atom is 0.142 e. The van der Waals surface area contributed by atoms with E-state index < -0.39 is 11.6 Å². The Labute approximate surface area is 124 Å². The summed E-state index contributed by atoms with van der Waals surface area (Å²) in [6.45, 7) is 2.72. The van der Waals surface area contributed by atoms with E-state index in [-0.39, 0.29) is 11.1 Å². The predicted molar refractivity (Wildman–Crippen MR) is 79.0 cm³/mol. The van der Waals surface area contributed by atoms with Crippen LogP contribution in [-0.2, 0) is 0 Å². The monoisotopic (exact) mass is 301 g/mol. The zero-order valence-corrected chi connectivity index (χ0v) is 12.6. The van der Waals surface area contributed by atoms with E-state index >= 15 is 0 Å². The first kappa shape index (κ1) is 15.7. The molecule has 1 N–H and O–H groups in total. The lowest BCUT2D eigenvalue weighted by Crippen LogP contribution is -2.25. The van der Waals surface area contributed by atoms with Crippen LogP contribution in [-0.4, -0.2) is 6.54 Å². The molecule has 1 atom stereocenters. The fourth-order valence-electron chi connectivity index (χ4n) is 3.13. The quantitative estimate of drug-likeness (QED) is 0.733. The van der Waals surface area contributed by atoms with Crippen molar-refractivity contribution >= 4 is 11.6 Å². The van der Waals surface area contributed by atoms with Crippen molar-refractivity contribution < 1.29 is 8.78 Å². The Hall–Kier alpha value is -0.670. The van der Waals surface area contributed by atoms with Crippen LogP contribution in [0.4, 0.5) is 8.78 Å². The summed E-state index contributed by atoms with van der Waals surface area (Å²) in [7, 11) is 0. The molecule has 0 amide bonds. The Morgan fingerprint density at radius 1 is 1.20 bits per heavy atom. The van der Waals surface area contributed by atoms with Crippen molar-refractivity contribution in [3.63, 3.8) is 0 Å². The van der Waals surface area contributed by atoms with E-state index in [1.165, 1.54) is 38.2 Å². The number of nitrogens with one attached hydrogen (secondary N) is 1. The highest BCUT2D eigenvalue weighted by molar-refractivity contribution is 6.30. The van der Waals surface area contributed by atoms with Crippen LogP contribution in [0.1, 0.15) is 57.1 Å². The van der Waals surface area contributed by atoms with Gasteiger partial charge in [0.1, 0.15) is 11.6 Å². The molecular formula is C16H22ClF2N. The molecule has 1 aliphatic carbocycles. The molecule has 1 aromatic carbocycles. The van der Waals surface area contributed by atoms with E-state index in [1.807, 2.05) is 6.92 Å². The average molecular weight is 302 g/mol. The van der Waals surface area contributed by atoms with Gasteiger partial charge >= 0.3 is 0 Å². The summed E-state index contributed by atoms with van der Waals surface area (Å²) in [5.41, 5.74) is 0.402. The first-order valence-electron chi connectivity index (χ1n) is 7.49. The Balaban J connectivity index is 2.16. The molecule has 0 aromatic heterocycles. The minimum Gasteiger partial charge on any atom is -0.310 e. The molecule has 1 aliphatic rings. The summed E-state index contributed by atoms with van der Waals surface area (Å²) in [6, 6.07) is 2.19. The normalized spacial score (nSPS) is 18.2. The minimum atomic E-state index is -0.547. The third-order valence-corrected chi connectivity index (χ3v) is 4.45. The topological polar surface area (TPSA) is 12.0 Å².